The fraction of sp³-hybridized carbons (Fsp3) is 0.417. The molecular weight excluding hydrogens is 240 g/mol. The van der Waals surface area contributed by atoms with Gasteiger partial charge in [0.15, 0.2) is 9.84 Å². The summed E-state index contributed by atoms with van der Waals surface area (Å²) in [5.74, 6) is 0.111. The first kappa shape index (κ1) is 12.1. The van der Waals surface area contributed by atoms with Gasteiger partial charge >= 0.3 is 0 Å². The molecule has 0 saturated heterocycles. The molecule has 1 saturated carbocycles. The van der Waals surface area contributed by atoms with Gasteiger partial charge < -0.3 is 9.53 Å². The summed E-state index contributed by atoms with van der Waals surface area (Å²) in [5.41, 5.74) is 0.873. The third-order valence-electron chi connectivity index (χ3n) is 3.16. The Bertz CT molecular complexity index is 518. The fourth-order valence-corrected chi connectivity index (χ4v) is 3.84. The Hall–Kier alpha value is -1.36. The van der Waals surface area contributed by atoms with Gasteiger partial charge in [-0.15, -0.1) is 0 Å². The third-order valence-corrected chi connectivity index (χ3v) is 4.76. The smallest absolute Gasteiger partial charge is 0.151 e. The molecule has 0 amide bonds. The number of hydrogen-bond donors (Lipinski definition) is 0. The van der Waals surface area contributed by atoms with E-state index in [-0.39, 0.29) is 5.92 Å². The molecule has 3 unspecified atom stereocenters. The third kappa shape index (κ3) is 2.20. The molecule has 0 heterocycles. The van der Waals surface area contributed by atoms with Crippen molar-refractivity contribution in [3.05, 3.63) is 29.8 Å². The molecule has 17 heavy (non-hydrogen) atoms. The van der Waals surface area contributed by atoms with E-state index in [0.29, 0.717) is 5.75 Å². The first-order valence-electron chi connectivity index (χ1n) is 5.27. The zero-order valence-corrected chi connectivity index (χ0v) is 10.5. The predicted octanol–water partition coefficient (Wildman–Crippen LogP) is 1.02. The average Bonchev–Trinajstić information content (AvgIpc) is 3.03. The Morgan fingerprint density at radius 2 is 1.82 bits per heavy atom. The minimum atomic E-state index is -3.17. The van der Waals surface area contributed by atoms with Crippen molar-refractivity contribution < 1.29 is 17.9 Å². The number of aldehydes is 1. The van der Waals surface area contributed by atoms with Gasteiger partial charge in [0.2, 0.25) is 0 Å². The highest BCUT2D eigenvalue weighted by Gasteiger charge is 2.57. The van der Waals surface area contributed by atoms with Gasteiger partial charge in [0.25, 0.3) is 0 Å². The van der Waals surface area contributed by atoms with Gasteiger partial charge in [-0.3, -0.25) is 0 Å². The maximum absolute atomic E-state index is 11.5. The molecule has 2 rings (SSSR count). The van der Waals surface area contributed by atoms with Crippen LogP contribution >= 0.6 is 0 Å². The van der Waals surface area contributed by atoms with Crippen LogP contribution in [-0.2, 0) is 14.6 Å². The highest BCUT2D eigenvalue weighted by molar-refractivity contribution is 7.91. The molecule has 1 aromatic rings. The monoisotopic (exact) mass is 254 g/mol. The van der Waals surface area contributed by atoms with Gasteiger partial charge in [0.05, 0.1) is 12.4 Å². The summed E-state index contributed by atoms with van der Waals surface area (Å²) in [4.78, 5) is 10.8. The summed E-state index contributed by atoms with van der Waals surface area (Å²) in [5, 5.41) is -0.562. The molecule has 0 spiro atoms. The van der Waals surface area contributed by atoms with Crippen molar-refractivity contribution in [1.82, 2.24) is 0 Å². The lowest BCUT2D eigenvalue weighted by molar-refractivity contribution is -0.108. The van der Waals surface area contributed by atoms with Gasteiger partial charge in [-0.25, -0.2) is 8.42 Å². The summed E-state index contributed by atoms with van der Waals surface area (Å²) in [6, 6.07) is 7.17. The quantitative estimate of drug-likeness (QED) is 0.753. The van der Waals surface area contributed by atoms with Crippen LogP contribution in [0.15, 0.2) is 24.3 Å². The summed E-state index contributed by atoms with van der Waals surface area (Å²) >= 11 is 0. The normalized spacial score (nSPS) is 27.5. The van der Waals surface area contributed by atoms with Crippen LogP contribution < -0.4 is 4.74 Å². The number of benzene rings is 1. The van der Waals surface area contributed by atoms with E-state index >= 15 is 0 Å². The Kier molecular flexibility index (Phi) is 2.95. The van der Waals surface area contributed by atoms with Crippen molar-refractivity contribution >= 4 is 16.1 Å². The molecule has 0 N–H and O–H groups in total. The maximum atomic E-state index is 11.5. The van der Waals surface area contributed by atoms with Crippen molar-refractivity contribution in [3.8, 4) is 5.75 Å². The number of rotatable bonds is 4. The summed E-state index contributed by atoms with van der Waals surface area (Å²) in [6.07, 6.45) is 1.91. The number of hydrogen-bond acceptors (Lipinski definition) is 4. The molecule has 0 aliphatic heterocycles. The van der Waals surface area contributed by atoms with Crippen molar-refractivity contribution in [2.45, 2.75) is 11.2 Å². The number of carbonyl (C=O) groups excluding carboxylic acids is 1. The van der Waals surface area contributed by atoms with Gasteiger partial charge in [-0.1, -0.05) is 12.1 Å². The fourth-order valence-electron chi connectivity index (χ4n) is 2.26. The number of ether oxygens (including phenoxy) is 1. The van der Waals surface area contributed by atoms with Crippen molar-refractivity contribution in [3.63, 3.8) is 0 Å². The van der Waals surface area contributed by atoms with Crippen molar-refractivity contribution in [2.75, 3.05) is 13.4 Å². The number of sulfone groups is 1. The van der Waals surface area contributed by atoms with Crippen LogP contribution in [0.3, 0.4) is 0 Å². The van der Waals surface area contributed by atoms with Crippen molar-refractivity contribution in [2.24, 2.45) is 5.92 Å². The van der Waals surface area contributed by atoms with Crippen LogP contribution in [0.1, 0.15) is 11.5 Å². The second kappa shape index (κ2) is 4.14. The van der Waals surface area contributed by atoms with Crippen LogP contribution in [0.5, 0.6) is 5.75 Å². The lowest BCUT2D eigenvalue weighted by atomic mass is 10.1. The molecule has 0 bridgehead atoms. The highest BCUT2D eigenvalue weighted by atomic mass is 32.2. The predicted molar refractivity (Wildman–Crippen MR) is 63.9 cm³/mol. The van der Waals surface area contributed by atoms with Gasteiger partial charge in [-0.2, -0.15) is 0 Å². The van der Waals surface area contributed by atoms with Gasteiger partial charge in [0, 0.05) is 18.1 Å². The topological polar surface area (TPSA) is 60.4 Å². The Morgan fingerprint density at radius 3 is 2.18 bits per heavy atom. The number of methoxy groups -OCH3 is 1. The maximum Gasteiger partial charge on any atom is 0.151 e. The van der Waals surface area contributed by atoms with Gasteiger partial charge in [-0.05, 0) is 17.7 Å². The standard InChI is InChI=1S/C12H14O4S/c1-16-9-5-3-8(4-6-9)11-10(7-13)12(11)17(2,14)15/h3-7,10-12H,1-2H3. The minimum Gasteiger partial charge on any atom is -0.497 e. The molecule has 4 nitrogen and oxygen atoms in total. The Morgan fingerprint density at radius 1 is 1.24 bits per heavy atom. The van der Waals surface area contributed by atoms with E-state index in [1.54, 1.807) is 19.2 Å². The Labute approximate surface area is 101 Å². The van der Waals surface area contributed by atoms with Crippen LogP contribution in [0.2, 0.25) is 0 Å². The molecular formula is C12H14O4S. The minimum absolute atomic E-state index is 0.201. The zero-order chi connectivity index (χ0) is 12.6. The SMILES string of the molecule is COc1ccc(C2C(C=O)C2S(C)(=O)=O)cc1. The average molecular weight is 254 g/mol. The molecule has 1 aromatic carbocycles. The van der Waals surface area contributed by atoms with E-state index in [1.807, 2.05) is 12.1 Å². The van der Waals surface area contributed by atoms with E-state index in [0.717, 1.165) is 11.8 Å². The lowest BCUT2D eigenvalue weighted by Crippen LogP contribution is -2.07. The summed E-state index contributed by atoms with van der Waals surface area (Å²) < 4.78 is 28.0. The number of carbonyl (C=O) groups is 1. The van der Waals surface area contributed by atoms with E-state index in [9.17, 15) is 13.2 Å². The van der Waals surface area contributed by atoms with E-state index in [1.165, 1.54) is 6.26 Å². The molecule has 5 heteroatoms. The first-order chi connectivity index (χ1) is 7.99. The first-order valence-corrected chi connectivity index (χ1v) is 7.22. The second-order valence-electron chi connectivity index (χ2n) is 4.31. The van der Waals surface area contributed by atoms with Crippen LogP contribution in [0.4, 0.5) is 0 Å². The van der Waals surface area contributed by atoms with Crippen LogP contribution in [-0.4, -0.2) is 33.3 Å². The van der Waals surface area contributed by atoms with E-state index in [4.69, 9.17) is 4.74 Å². The summed E-state index contributed by atoms with van der Waals surface area (Å²) in [6.45, 7) is 0. The molecule has 1 aliphatic rings. The molecule has 92 valence electrons. The lowest BCUT2D eigenvalue weighted by Gasteiger charge is -2.02. The van der Waals surface area contributed by atoms with E-state index < -0.39 is 21.0 Å². The Balaban J connectivity index is 2.26. The van der Waals surface area contributed by atoms with Gasteiger partial charge in [0.1, 0.15) is 12.0 Å². The largest absolute Gasteiger partial charge is 0.497 e. The summed E-state index contributed by atoms with van der Waals surface area (Å²) in [7, 11) is -1.60. The molecule has 1 aliphatic carbocycles. The molecule has 3 atom stereocenters. The van der Waals surface area contributed by atoms with Crippen LogP contribution in [0.25, 0.3) is 0 Å². The van der Waals surface area contributed by atoms with Crippen molar-refractivity contribution in [1.29, 1.82) is 0 Å². The molecule has 1 fully saturated rings. The second-order valence-corrected chi connectivity index (χ2v) is 6.51. The van der Waals surface area contributed by atoms with E-state index in [2.05, 4.69) is 0 Å². The molecule has 0 aromatic heterocycles. The van der Waals surface area contributed by atoms with Crippen LogP contribution in [0, 0.1) is 5.92 Å². The molecule has 0 radical (unpaired) electrons. The highest BCUT2D eigenvalue weighted by Crippen LogP contribution is 2.50. The zero-order valence-electron chi connectivity index (χ0n) is 9.66.